The number of nitrogens with one attached hydrogen (secondary N) is 1. The smallest absolute Gasteiger partial charge is 0.258 e. The Morgan fingerprint density at radius 2 is 1.69 bits per heavy atom. The topological polar surface area (TPSA) is 78.4 Å². The van der Waals surface area contributed by atoms with Gasteiger partial charge in [0.15, 0.2) is 0 Å². The Kier molecular flexibility index (Phi) is 7.04. The van der Waals surface area contributed by atoms with Gasteiger partial charge in [-0.15, -0.1) is 11.3 Å². The molecular weight excluding hydrogens is 551 g/mol. The number of carbonyl (C=O) groups excluding carboxylic acids is 1. The molecule has 39 heavy (non-hydrogen) atoms. The molecule has 0 bridgehead atoms. The first-order chi connectivity index (χ1) is 19.0. The van der Waals surface area contributed by atoms with E-state index < -0.39 is 0 Å². The van der Waals surface area contributed by atoms with Gasteiger partial charge in [-0.3, -0.25) is 9.59 Å². The summed E-state index contributed by atoms with van der Waals surface area (Å²) in [6, 6.07) is 22.1. The van der Waals surface area contributed by atoms with E-state index in [0.717, 1.165) is 33.3 Å². The normalized spacial score (nSPS) is 15.1. The molecule has 1 N–H and O–H groups in total. The number of aryl methyl sites for hydroxylation is 1. The van der Waals surface area contributed by atoms with Crippen LogP contribution in [0, 0.1) is 0 Å². The first kappa shape index (κ1) is 25.5. The molecule has 2 aromatic heterocycles. The molecule has 1 amide bonds. The van der Waals surface area contributed by atoms with Crippen molar-refractivity contribution in [2.24, 2.45) is 5.10 Å². The van der Waals surface area contributed by atoms with E-state index in [-0.39, 0.29) is 23.9 Å². The predicted molar refractivity (Wildman–Crippen MR) is 158 cm³/mol. The number of halogens is 2. The Morgan fingerprint density at radius 3 is 2.41 bits per heavy atom. The lowest BCUT2D eigenvalue weighted by Gasteiger charge is -2.22. The average molecular weight is 574 g/mol. The minimum atomic E-state index is -0.371. The fraction of sp³-hybridized carbons (Fsp3) is 0.133. The number of nitrogens with zero attached hydrogens (tertiary/aromatic N) is 3. The molecular formula is C30H22Cl2N4O2S. The highest BCUT2D eigenvalue weighted by Gasteiger charge is 2.35. The molecule has 0 saturated carbocycles. The second kappa shape index (κ2) is 10.8. The molecule has 9 heteroatoms. The minimum Gasteiger partial charge on any atom is -0.321 e. The maximum atomic E-state index is 13.6. The number of hydrogen-bond acceptors (Lipinski definition) is 5. The molecule has 0 fully saturated rings. The number of aromatic amines is 1. The molecule has 0 radical (unpaired) electrons. The van der Waals surface area contributed by atoms with E-state index in [1.807, 2.05) is 53.9 Å². The van der Waals surface area contributed by atoms with E-state index in [1.165, 1.54) is 16.3 Å². The van der Waals surface area contributed by atoms with Crippen molar-refractivity contribution in [3.8, 4) is 11.1 Å². The van der Waals surface area contributed by atoms with Crippen LogP contribution in [0.25, 0.3) is 22.0 Å². The summed E-state index contributed by atoms with van der Waals surface area (Å²) in [4.78, 5) is 34.5. The van der Waals surface area contributed by atoms with E-state index in [9.17, 15) is 9.59 Å². The summed E-state index contributed by atoms with van der Waals surface area (Å²) < 4.78 is 0. The summed E-state index contributed by atoms with van der Waals surface area (Å²) in [5, 5.41) is 10.4. The molecule has 5 aromatic rings. The number of thiazole rings is 1. The van der Waals surface area contributed by atoms with Crippen LogP contribution >= 0.6 is 34.5 Å². The highest BCUT2D eigenvalue weighted by molar-refractivity contribution is 7.07. The van der Waals surface area contributed by atoms with Gasteiger partial charge in [0.2, 0.25) is 5.91 Å². The molecule has 0 aliphatic carbocycles. The summed E-state index contributed by atoms with van der Waals surface area (Å²) in [6.07, 6.45) is 1.15. The van der Waals surface area contributed by atoms with Crippen molar-refractivity contribution >= 4 is 57.1 Å². The van der Waals surface area contributed by atoms with Crippen LogP contribution in [0.3, 0.4) is 0 Å². The summed E-state index contributed by atoms with van der Waals surface area (Å²) in [7, 11) is 0. The molecule has 0 spiro atoms. The summed E-state index contributed by atoms with van der Waals surface area (Å²) >= 11 is 13.8. The van der Waals surface area contributed by atoms with Crippen LogP contribution in [0.5, 0.6) is 0 Å². The van der Waals surface area contributed by atoms with Crippen LogP contribution in [0.1, 0.15) is 35.7 Å². The van der Waals surface area contributed by atoms with Gasteiger partial charge in [-0.1, -0.05) is 65.7 Å². The lowest BCUT2D eigenvalue weighted by molar-refractivity contribution is -0.133. The lowest BCUT2D eigenvalue weighted by Crippen LogP contribution is -2.27. The summed E-state index contributed by atoms with van der Waals surface area (Å²) in [6.45, 7) is 0. The van der Waals surface area contributed by atoms with Crippen LogP contribution in [-0.2, 0) is 11.2 Å². The second-order valence-corrected chi connectivity index (χ2v) is 10.9. The fourth-order valence-electron chi connectivity index (χ4n) is 4.98. The largest absolute Gasteiger partial charge is 0.321 e. The molecule has 3 aromatic carbocycles. The fourth-order valence-corrected chi connectivity index (χ4v) is 5.83. The Morgan fingerprint density at radius 1 is 0.974 bits per heavy atom. The number of rotatable bonds is 6. The maximum Gasteiger partial charge on any atom is 0.258 e. The molecule has 6 rings (SSSR count). The van der Waals surface area contributed by atoms with E-state index >= 15 is 0 Å². The minimum absolute atomic E-state index is 0.136. The van der Waals surface area contributed by atoms with Gasteiger partial charge in [-0.25, -0.2) is 9.99 Å². The van der Waals surface area contributed by atoms with Crippen molar-refractivity contribution in [3.05, 3.63) is 121 Å². The Hall–Kier alpha value is -3.78. The molecule has 1 aliphatic heterocycles. The number of benzene rings is 3. The van der Waals surface area contributed by atoms with Crippen molar-refractivity contribution < 1.29 is 4.79 Å². The number of para-hydroxylation sites is 1. The van der Waals surface area contributed by atoms with Gasteiger partial charge in [0.1, 0.15) is 0 Å². The molecule has 1 aliphatic rings. The predicted octanol–water partition coefficient (Wildman–Crippen LogP) is 7.27. The van der Waals surface area contributed by atoms with Gasteiger partial charge in [0.05, 0.1) is 28.5 Å². The van der Waals surface area contributed by atoms with Crippen LogP contribution in [-0.4, -0.2) is 26.6 Å². The first-order valence-electron chi connectivity index (χ1n) is 12.4. The van der Waals surface area contributed by atoms with E-state index in [2.05, 4.69) is 9.97 Å². The molecule has 3 heterocycles. The van der Waals surface area contributed by atoms with Crippen molar-refractivity contribution in [1.29, 1.82) is 0 Å². The van der Waals surface area contributed by atoms with Crippen molar-refractivity contribution in [2.45, 2.75) is 25.3 Å². The van der Waals surface area contributed by atoms with Crippen LogP contribution in [0.2, 0.25) is 10.0 Å². The summed E-state index contributed by atoms with van der Waals surface area (Å²) in [5.74, 6) is -0.136. The first-order valence-corrected chi connectivity index (χ1v) is 14.1. The van der Waals surface area contributed by atoms with Gasteiger partial charge in [0.25, 0.3) is 5.56 Å². The van der Waals surface area contributed by atoms with E-state index in [4.69, 9.17) is 28.3 Å². The number of carbonyl (C=O) groups is 1. The number of pyridine rings is 1. The SMILES string of the molecule is O=C(CCc1cscn1)N1N=C(c2c(-c3ccc(Cl)cc3)c3ccccc3[nH]c2=O)CC1c1ccc(Cl)cc1. The third-order valence-electron chi connectivity index (χ3n) is 6.84. The zero-order valence-electron chi connectivity index (χ0n) is 20.6. The van der Waals surface area contributed by atoms with Gasteiger partial charge in [-0.2, -0.15) is 5.10 Å². The second-order valence-electron chi connectivity index (χ2n) is 9.29. The third-order valence-corrected chi connectivity index (χ3v) is 7.98. The van der Waals surface area contributed by atoms with Crippen molar-refractivity contribution in [2.75, 3.05) is 0 Å². The van der Waals surface area contributed by atoms with Crippen molar-refractivity contribution in [1.82, 2.24) is 15.0 Å². The van der Waals surface area contributed by atoms with E-state index in [1.54, 1.807) is 29.8 Å². The highest BCUT2D eigenvalue weighted by Crippen LogP contribution is 2.37. The zero-order valence-corrected chi connectivity index (χ0v) is 22.9. The number of hydrogen-bond donors (Lipinski definition) is 1. The molecule has 6 nitrogen and oxygen atoms in total. The van der Waals surface area contributed by atoms with Gasteiger partial charge < -0.3 is 4.98 Å². The van der Waals surface area contributed by atoms with Crippen LogP contribution in [0.15, 0.2) is 93.6 Å². The van der Waals surface area contributed by atoms with Gasteiger partial charge >= 0.3 is 0 Å². The van der Waals surface area contributed by atoms with E-state index in [0.29, 0.717) is 34.2 Å². The number of amides is 1. The van der Waals surface area contributed by atoms with Gasteiger partial charge in [0, 0.05) is 44.7 Å². The number of aromatic nitrogens is 2. The third kappa shape index (κ3) is 5.13. The molecule has 194 valence electrons. The lowest BCUT2D eigenvalue weighted by atomic mass is 9.91. The molecule has 0 saturated heterocycles. The average Bonchev–Trinajstić information content (AvgIpc) is 3.63. The monoisotopic (exact) mass is 572 g/mol. The van der Waals surface area contributed by atoms with Crippen molar-refractivity contribution in [3.63, 3.8) is 0 Å². The molecule has 1 unspecified atom stereocenters. The standard InChI is InChI=1S/C30H22Cl2N4O2S/c31-20-9-5-18(6-10-20)26-15-25(35-36(26)27(37)14-13-22-16-39-17-33-22)29-28(19-7-11-21(32)12-8-19)23-3-1-2-4-24(23)34-30(29)38/h1-12,16-17,26H,13-15H2,(H,34,38). The number of fused-ring (bicyclic) bond motifs is 1. The molecule has 1 atom stereocenters. The highest BCUT2D eigenvalue weighted by atomic mass is 35.5. The number of H-pyrrole nitrogens is 1. The quantitative estimate of drug-likeness (QED) is 0.232. The van der Waals surface area contributed by atoms with Gasteiger partial charge in [-0.05, 0) is 47.9 Å². The maximum absolute atomic E-state index is 13.6. The zero-order chi connectivity index (χ0) is 26.9. The van der Waals surface area contributed by atoms with Crippen LogP contribution in [0.4, 0.5) is 0 Å². The Bertz CT molecular complexity index is 1750. The summed E-state index contributed by atoms with van der Waals surface area (Å²) in [5.41, 5.74) is 6.59. The van der Waals surface area contributed by atoms with Crippen LogP contribution < -0.4 is 5.56 Å². The Balaban J connectivity index is 1.48. The number of hydrazone groups is 1. The Labute approximate surface area is 238 Å².